The largest absolute Gasteiger partial charge is 0.505 e. The van der Waals surface area contributed by atoms with Gasteiger partial charge in [-0.05, 0) is 31.5 Å². The average Bonchev–Trinajstić information content (AvgIpc) is 2.94. The molecule has 1 saturated heterocycles. The van der Waals surface area contributed by atoms with Crippen LogP contribution in [0.2, 0.25) is 0 Å². The molecule has 0 aliphatic carbocycles. The molecule has 5 atom stereocenters. The fourth-order valence-electron chi connectivity index (χ4n) is 3.87. The van der Waals surface area contributed by atoms with E-state index < -0.39 is 65.9 Å². The smallest absolute Gasteiger partial charge is 0.339 e. The van der Waals surface area contributed by atoms with Gasteiger partial charge in [-0.2, -0.15) is 0 Å². The SMILES string of the molecule is CC(C)C(=O)O[C@H]1[C@H](C)OC(=O)[C@@H](NC(=O)c2cccc(NC=O)c2O)[C@@H](C)OC(=O)[C@@H]1OCc1ccccc1. The monoisotopic (exact) mass is 556 g/mol. The lowest BCUT2D eigenvalue weighted by Gasteiger charge is -2.29. The molecule has 214 valence electrons. The highest BCUT2D eigenvalue weighted by Gasteiger charge is 2.45. The number of para-hydroxylation sites is 1. The fourth-order valence-corrected chi connectivity index (χ4v) is 3.87. The number of carbonyl (C=O) groups is 5. The Balaban J connectivity index is 1.89. The first-order valence-electron chi connectivity index (χ1n) is 12.6. The van der Waals surface area contributed by atoms with Crippen LogP contribution in [0.15, 0.2) is 48.5 Å². The third-order valence-electron chi connectivity index (χ3n) is 6.10. The van der Waals surface area contributed by atoms with Crippen LogP contribution in [0.25, 0.3) is 0 Å². The van der Waals surface area contributed by atoms with Gasteiger partial charge in [0.2, 0.25) is 6.41 Å². The third kappa shape index (κ3) is 7.35. The molecule has 1 heterocycles. The molecule has 1 aliphatic rings. The lowest BCUT2D eigenvalue weighted by Crippen LogP contribution is -2.50. The number of phenolic OH excluding ortho intramolecular Hbond substituents is 1. The molecule has 0 aromatic heterocycles. The summed E-state index contributed by atoms with van der Waals surface area (Å²) in [4.78, 5) is 62.8. The van der Waals surface area contributed by atoms with Gasteiger partial charge in [0.05, 0.1) is 23.8 Å². The molecule has 0 unspecified atom stereocenters. The second-order valence-electron chi connectivity index (χ2n) is 9.47. The van der Waals surface area contributed by atoms with E-state index in [4.69, 9.17) is 18.9 Å². The first-order chi connectivity index (χ1) is 19.0. The van der Waals surface area contributed by atoms with E-state index in [0.29, 0.717) is 6.41 Å². The van der Waals surface area contributed by atoms with E-state index in [1.807, 2.05) is 6.07 Å². The molecule has 2 amide bonds. The molecule has 2 aromatic rings. The van der Waals surface area contributed by atoms with Gasteiger partial charge in [-0.3, -0.25) is 14.4 Å². The van der Waals surface area contributed by atoms with Gasteiger partial charge in [0.1, 0.15) is 12.2 Å². The number of benzene rings is 2. The van der Waals surface area contributed by atoms with Crippen LogP contribution in [0.5, 0.6) is 5.75 Å². The molecule has 0 spiro atoms. The van der Waals surface area contributed by atoms with E-state index in [-0.39, 0.29) is 17.9 Å². The van der Waals surface area contributed by atoms with Crippen molar-refractivity contribution in [2.24, 2.45) is 5.92 Å². The summed E-state index contributed by atoms with van der Waals surface area (Å²) < 4.78 is 22.5. The number of ether oxygens (including phenoxy) is 4. The zero-order valence-electron chi connectivity index (χ0n) is 22.5. The Morgan fingerprint density at radius 1 is 1.00 bits per heavy atom. The van der Waals surface area contributed by atoms with Crippen LogP contribution >= 0.6 is 0 Å². The normalized spacial score (nSPS) is 23.1. The molecule has 40 heavy (non-hydrogen) atoms. The van der Waals surface area contributed by atoms with Gasteiger partial charge in [0.25, 0.3) is 5.91 Å². The minimum Gasteiger partial charge on any atom is -0.505 e. The van der Waals surface area contributed by atoms with Crippen LogP contribution < -0.4 is 10.6 Å². The van der Waals surface area contributed by atoms with Gasteiger partial charge >= 0.3 is 17.9 Å². The molecular formula is C28H32N2O10. The van der Waals surface area contributed by atoms with Gasteiger partial charge in [-0.25, -0.2) is 9.59 Å². The Bertz CT molecular complexity index is 1230. The van der Waals surface area contributed by atoms with Crippen molar-refractivity contribution in [2.45, 2.75) is 64.8 Å². The van der Waals surface area contributed by atoms with Crippen molar-refractivity contribution in [3.63, 3.8) is 0 Å². The summed E-state index contributed by atoms with van der Waals surface area (Å²) in [5.41, 5.74) is 0.456. The van der Waals surface area contributed by atoms with Crippen molar-refractivity contribution in [2.75, 3.05) is 5.32 Å². The fraction of sp³-hybridized carbons (Fsp3) is 0.393. The molecule has 0 radical (unpaired) electrons. The van der Waals surface area contributed by atoms with Gasteiger partial charge in [-0.1, -0.05) is 50.2 Å². The molecule has 0 bridgehead atoms. The summed E-state index contributed by atoms with van der Waals surface area (Å²) in [6, 6.07) is 11.5. The van der Waals surface area contributed by atoms with Crippen LogP contribution in [0.4, 0.5) is 5.69 Å². The molecule has 1 aliphatic heterocycles. The lowest BCUT2D eigenvalue weighted by molar-refractivity contribution is -0.190. The second-order valence-corrected chi connectivity index (χ2v) is 9.47. The van der Waals surface area contributed by atoms with Gasteiger partial charge in [-0.15, -0.1) is 0 Å². The molecule has 12 heteroatoms. The molecule has 0 saturated carbocycles. The summed E-state index contributed by atoms with van der Waals surface area (Å²) in [6.07, 6.45) is -4.92. The highest BCUT2D eigenvalue weighted by atomic mass is 16.6. The number of nitrogens with one attached hydrogen (secondary N) is 2. The molecule has 3 rings (SSSR count). The molecule has 2 aromatic carbocycles. The molecule has 3 N–H and O–H groups in total. The van der Waals surface area contributed by atoms with E-state index in [9.17, 15) is 29.1 Å². The van der Waals surface area contributed by atoms with Gasteiger partial charge in [0.15, 0.2) is 24.0 Å². The number of esters is 3. The number of phenols is 1. The quantitative estimate of drug-likeness (QED) is 0.180. The first kappa shape index (κ1) is 30.1. The maximum absolute atomic E-state index is 13.3. The van der Waals surface area contributed by atoms with E-state index in [2.05, 4.69) is 10.6 Å². The number of anilines is 1. The van der Waals surface area contributed by atoms with Crippen molar-refractivity contribution in [1.82, 2.24) is 5.32 Å². The van der Waals surface area contributed by atoms with E-state index in [1.54, 1.807) is 38.1 Å². The van der Waals surface area contributed by atoms with Crippen molar-refractivity contribution < 1.29 is 48.0 Å². The first-order valence-corrected chi connectivity index (χ1v) is 12.6. The Labute approximate surface area is 230 Å². The average molecular weight is 557 g/mol. The van der Waals surface area contributed by atoms with E-state index in [1.165, 1.54) is 32.0 Å². The summed E-state index contributed by atoms with van der Waals surface area (Å²) in [5.74, 6) is -4.54. The maximum atomic E-state index is 13.3. The lowest BCUT2D eigenvalue weighted by atomic mass is 10.1. The van der Waals surface area contributed by atoms with Crippen LogP contribution in [0.1, 0.15) is 43.6 Å². The predicted octanol–water partition coefficient (Wildman–Crippen LogP) is 2.09. The van der Waals surface area contributed by atoms with Gasteiger partial charge in [0, 0.05) is 0 Å². The highest BCUT2D eigenvalue weighted by Crippen LogP contribution is 2.27. The van der Waals surface area contributed by atoms with E-state index in [0.717, 1.165) is 5.56 Å². The van der Waals surface area contributed by atoms with Crippen LogP contribution in [-0.2, 0) is 44.7 Å². The third-order valence-corrected chi connectivity index (χ3v) is 6.10. The van der Waals surface area contributed by atoms with Crippen LogP contribution in [-0.4, -0.2) is 65.8 Å². The maximum Gasteiger partial charge on any atom is 0.339 e. The minimum atomic E-state index is -1.50. The number of cyclic esters (lactones) is 2. The number of rotatable bonds is 9. The standard InChI is InChI=1S/C28H32N2O10/c1-15(2)26(34)40-23-17(4)39-27(35)21(30-25(33)19-11-8-12-20(22(19)32)29-14-31)16(3)38-28(36)24(23)37-13-18-9-6-5-7-10-18/h5-12,14-17,21,23-24,32H,13H2,1-4H3,(H,29,31)(H,30,33)/t16-,17+,21+,23+,24-/m1/s1. The zero-order chi connectivity index (χ0) is 29.4. The summed E-state index contributed by atoms with van der Waals surface area (Å²) in [6.45, 7) is 5.98. The van der Waals surface area contributed by atoms with Crippen molar-refractivity contribution in [1.29, 1.82) is 0 Å². The molecule has 12 nitrogen and oxygen atoms in total. The summed E-state index contributed by atoms with van der Waals surface area (Å²) in [5, 5.41) is 15.1. The number of hydrogen-bond donors (Lipinski definition) is 3. The van der Waals surface area contributed by atoms with Crippen molar-refractivity contribution in [3.05, 3.63) is 59.7 Å². The minimum absolute atomic E-state index is 0.0268. The van der Waals surface area contributed by atoms with Gasteiger partial charge < -0.3 is 34.7 Å². The summed E-state index contributed by atoms with van der Waals surface area (Å²) in [7, 11) is 0. The summed E-state index contributed by atoms with van der Waals surface area (Å²) >= 11 is 0. The number of aromatic hydroxyl groups is 1. The van der Waals surface area contributed by atoms with Crippen molar-refractivity contribution >= 4 is 35.9 Å². The van der Waals surface area contributed by atoms with E-state index >= 15 is 0 Å². The van der Waals surface area contributed by atoms with Crippen molar-refractivity contribution in [3.8, 4) is 5.75 Å². The predicted molar refractivity (Wildman–Crippen MR) is 140 cm³/mol. The molecular weight excluding hydrogens is 524 g/mol. The number of amides is 2. The van der Waals surface area contributed by atoms with Crippen LogP contribution in [0, 0.1) is 5.92 Å². The van der Waals surface area contributed by atoms with Crippen LogP contribution in [0.3, 0.4) is 0 Å². The Hall–Kier alpha value is -4.45. The Kier molecular flexibility index (Phi) is 10.2. The zero-order valence-corrected chi connectivity index (χ0v) is 22.5. The Morgan fingerprint density at radius 3 is 2.33 bits per heavy atom. The number of hydrogen-bond acceptors (Lipinski definition) is 10. The Morgan fingerprint density at radius 2 is 1.68 bits per heavy atom. The number of carbonyl (C=O) groups excluding carboxylic acids is 5. The topological polar surface area (TPSA) is 167 Å². The molecule has 1 fully saturated rings. The second kappa shape index (κ2) is 13.6. The highest BCUT2D eigenvalue weighted by molar-refractivity contribution is 6.01.